The van der Waals surface area contributed by atoms with Gasteiger partial charge in [-0.3, -0.25) is 14.9 Å². The van der Waals surface area contributed by atoms with E-state index in [0.29, 0.717) is 11.0 Å². The molecule has 5 saturated carbocycles. The van der Waals surface area contributed by atoms with Gasteiger partial charge in [-0.2, -0.15) is 0 Å². The molecule has 0 radical (unpaired) electrons. The SMILES string of the molecule is O=C(CNC(=O)C12CC3CC(CC(C3)C1)C2)Nc1nnc(C2CC2)s1. The van der Waals surface area contributed by atoms with Crippen LogP contribution in [-0.4, -0.2) is 28.6 Å². The van der Waals surface area contributed by atoms with E-state index >= 15 is 0 Å². The number of hydrogen-bond donors (Lipinski definition) is 2. The van der Waals surface area contributed by atoms with E-state index in [1.807, 2.05) is 0 Å². The van der Waals surface area contributed by atoms with Crippen LogP contribution < -0.4 is 10.6 Å². The molecule has 1 aromatic rings. The lowest BCUT2D eigenvalue weighted by Crippen LogP contribution is -2.54. The fourth-order valence-electron chi connectivity index (χ4n) is 5.68. The predicted molar refractivity (Wildman–Crippen MR) is 94.1 cm³/mol. The molecule has 0 saturated heterocycles. The highest BCUT2D eigenvalue weighted by Crippen LogP contribution is 2.60. The molecule has 25 heavy (non-hydrogen) atoms. The summed E-state index contributed by atoms with van der Waals surface area (Å²) in [6, 6.07) is 0. The van der Waals surface area contributed by atoms with Gasteiger partial charge < -0.3 is 5.32 Å². The second kappa shape index (κ2) is 5.76. The summed E-state index contributed by atoms with van der Waals surface area (Å²) in [6.45, 7) is 0.0267. The third kappa shape index (κ3) is 2.96. The Morgan fingerprint density at radius 2 is 1.68 bits per heavy atom. The van der Waals surface area contributed by atoms with Crippen LogP contribution in [-0.2, 0) is 9.59 Å². The van der Waals surface area contributed by atoms with Crippen LogP contribution in [0.15, 0.2) is 0 Å². The van der Waals surface area contributed by atoms with Gasteiger partial charge in [-0.25, -0.2) is 0 Å². The van der Waals surface area contributed by atoms with E-state index in [9.17, 15) is 9.59 Å². The Labute approximate surface area is 151 Å². The summed E-state index contributed by atoms with van der Waals surface area (Å²) in [5, 5.41) is 15.4. The van der Waals surface area contributed by atoms with Gasteiger partial charge in [0.1, 0.15) is 5.01 Å². The number of aromatic nitrogens is 2. The zero-order valence-electron chi connectivity index (χ0n) is 14.3. The van der Waals surface area contributed by atoms with Gasteiger partial charge in [0.2, 0.25) is 16.9 Å². The zero-order valence-corrected chi connectivity index (χ0v) is 15.1. The summed E-state index contributed by atoms with van der Waals surface area (Å²) in [7, 11) is 0. The van der Waals surface area contributed by atoms with Crippen molar-refractivity contribution in [2.24, 2.45) is 23.2 Å². The lowest BCUT2D eigenvalue weighted by Gasteiger charge is -2.55. The zero-order chi connectivity index (χ0) is 17.0. The van der Waals surface area contributed by atoms with E-state index < -0.39 is 0 Å². The maximum Gasteiger partial charge on any atom is 0.245 e. The van der Waals surface area contributed by atoms with Gasteiger partial charge in [0.25, 0.3) is 0 Å². The number of anilines is 1. The number of rotatable bonds is 5. The third-order valence-corrected chi connectivity index (χ3v) is 7.54. The number of carbonyl (C=O) groups is 2. The first kappa shape index (κ1) is 15.7. The number of nitrogens with one attached hydrogen (secondary N) is 2. The Hall–Kier alpha value is -1.50. The summed E-state index contributed by atoms with van der Waals surface area (Å²) in [4.78, 5) is 25.0. The highest BCUT2D eigenvalue weighted by Gasteiger charge is 2.54. The Kier molecular flexibility index (Phi) is 3.62. The summed E-state index contributed by atoms with van der Waals surface area (Å²) in [5.41, 5.74) is -0.198. The molecular weight excluding hydrogens is 336 g/mol. The van der Waals surface area contributed by atoms with Crippen molar-refractivity contribution < 1.29 is 9.59 Å². The van der Waals surface area contributed by atoms with E-state index in [2.05, 4.69) is 20.8 Å². The highest BCUT2D eigenvalue weighted by molar-refractivity contribution is 7.15. The minimum absolute atomic E-state index is 0.0267. The maximum atomic E-state index is 12.8. The van der Waals surface area contributed by atoms with Crippen LogP contribution in [0.4, 0.5) is 5.13 Å². The normalized spacial score (nSPS) is 35.6. The van der Waals surface area contributed by atoms with Crippen molar-refractivity contribution in [1.82, 2.24) is 15.5 Å². The molecular formula is C18H24N4O2S. The topological polar surface area (TPSA) is 84.0 Å². The van der Waals surface area contributed by atoms with Crippen molar-refractivity contribution in [3.8, 4) is 0 Å². The average Bonchev–Trinajstić information content (AvgIpc) is 3.31. The Morgan fingerprint density at radius 3 is 2.28 bits per heavy atom. The fraction of sp³-hybridized carbons (Fsp3) is 0.778. The van der Waals surface area contributed by atoms with Crippen molar-refractivity contribution in [3.05, 3.63) is 5.01 Å². The molecule has 1 aromatic heterocycles. The first-order valence-electron chi connectivity index (χ1n) is 9.51. The highest BCUT2D eigenvalue weighted by atomic mass is 32.1. The second-order valence-corrected chi connectivity index (χ2v) is 9.66. The molecule has 2 N–H and O–H groups in total. The van der Waals surface area contributed by atoms with Gasteiger partial charge in [0.05, 0.1) is 6.54 Å². The van der Waals surface area contributed by atoms with Crippen LogP contribution in [0, 0.1) is 23.2 Å². The van der Waals surface area contributed by atoms with Gasteiger partial charge in [-0.05, 0) is 69.1 Å². The van der Waals surface area contributed by atoms with E-state index in [-0.39, 0.29) is 23.8 Å². The largest absolute Gasteiger partial charge is 0.347 e. The Bertz CT molecular complexity index is 676. The Morgan fingerprint density at radius 1 is 1.04 bits per heavy atom. The molecule has 0 aromatic carbocycles. The van der Waals surface area contributed by atoms with Crippen LogP contribution in [0.2, 0.25) is 0 Å². The second-order valence-electron chi connectivity index (χ2n) is 8.65. The summed E-state index contributed by atoms with van der Waals surface area (Å²) in [5.74, 6) is 2.61. The Balaban J connectivity index is 1.16. The average molecular weight is 360 g/mol. The van der Waals surface area contributed by atoms with Crippen molar-refractivity contribution in [2.45, 2.75) is 57.3 Å². The van der Waals surface area contributed by atoms with Gasteiger partial charge >= 0.3 is 0 Å². The van der Waals surface area contributed by atoms with Crippen LogP contribution in [0.5, 0.6) is 0 Å². The molecule has 7 heteroatoms. The number of nitrogens with zero attached hydrogens (tertiary/aromatic N) is 2. The molecule has 5 aliphatic rings. The molecule has 0 spiro atoms. The molecule has 0 atom stereocenters. The standard InChI is InChI=1S/C18H24N4O2S/c23-14(20-17-22-21-15(25-17)13-1-2-13)9-19-16(24)18-6-10-3-11(7-18)5-12(4-10)8-18/h10-13H,1-9H2,(H,19,24)(H,20,22,23). The monoisotopic (exact) mass is 360 g/mol. The van der Waals surface area contributed by atoms with E-state index in [1.165, 1.54) is 43.4 Å². The van der Waals surface area contributed by atoms with Crippen molar-refractivity contribution in [1.29, 1.82) is 0 Å². The van der Waals surface area contributed by atoms with E-state index in [0.717, 1.165) is 42.0 Å². The van der Waals surface area contributed by atoms with E-state index in [4.69, 9.17) is 0 Å². The molecule has 1 heterocycles. The number of amides is 2. The minimum atomic E-state index is -0.212. The molecule has 6 nitrogen and oxygen atoms in total. The minimum Gasteiger partial charge on any atom is -0.347 e. The van der Waals surface area contributed by atoms with E-state index in [1.54, 1.807) is 0 Å². The number of hydrogen-bond acceptors (Lipinski definition) is 5. The van der Waals surface area contributed by atoms with Gasteiger partial charge in [0, 0.05) is 11.3 Å². The van der Waals surface area contributed by atoms with Gasteiger partial charge in [-0.1, -0.05) is 11.3 Å². The summed E-state index contributed by atoms with van der Waals surface area (Å²) < 4.78 is 0. The quantitative estimate of drug-likeness (QED) is 0.845. The molecule has 134 valence electrons. The number of carbonyl (C=O) groups excluding carboxylic acids is 2. The van der Waals surface area contributed by atoms with Crippen molar-refractivity contribution in [2.75, 3.05) is 11.9 Å². The predicted octanol–water partition coefficient (Wildman–Crippen LogP) is 2.69. The fourth-order valence-corrected chi connectivity index (χ4v) is 6.61. The molecule has 4 bridgehead atoms. The van der Waals surface area contributed by atoms with Crippen LogP contribution in [0.3, 0.4) is 0 Å². The van der Waals surface area contributed by atoms with Crippen molar-refractivity contribution >= 4 is 28.3 Å². The first-order valence-corrected chi connectivity index (χ1v) is 10.3. The van der Waals surface area contributed by atoms with Crippen molar-refractivity contribution in [3.63, 3.8) is 0 Å². The molecule has 0 aliphatic heterocycles. The molecule has 6 rings (SSSR count). The van der Waals surface area contributed by atoms with Crippen LogP contribution in [0.25, 0.3) is 0 Å². The van der Waals surface area contributed by atoms with Gasteiger partial charge in [0.15, 0.2) is 0 Å². The smallest absolute Gasteiger partial charge is 0.245 e. The maximum absolute atomic E-state index is 12.8. The molecule has 5 aliphatic carbocycles. The summed E-state index contributed by atoms with van der Waals surface area (Å²) >= 11 is 1.45. The lowest BCUT2D eigenvalue weighted by molar-refractivity contribution is -0.146. The van der Waals surface area contributed by atoms with Crippen LogP contribution in [0.1, 0.15) is 62.3 Å². The lowest BCUT2D eigenvalue weighted by atomic mass is 9.49. The summed E-state index contributed by atoms with van der Waals surface area (Å²) in [6.07, 6.45) is 9.34. The molecule has 5 fully saturated rings. The first-order chi connectivity index (χ1) is 12.1. The molecule has 2 amide bonds. The van der Waals surface area contributed by atoms with Crippen LogP contribution >= 0.6 is 11.3 Å². The van der Waals surface area contributed by atoms with Gasteiger partial charge in [-0.15, -0.1) is 10.2 Å². The third-order valence-electron chi connectivity index (χ3n) is 6.54. The molecule has 0 unspecified atom stereocenters.